The van der Waals surface area contributed by atoms with Crippen molar-refractivity contribution >= 4 is 16.9 Å². The molecule has 1 atom stereocenters. The van der Waals surface area contributed by atoms with E-state index in [0.717, 1.165) is 5.39 Å². The number of rotatable bonds is 4. The van der Waals surface area contributed by atoms with Crippen molar-refractivity contribution in [3.63, 3.8) is 0 Å². The number of carbonyl (C=O) groups excluding carboxylic acids is 1. The van der Waals surface area contributed by atoms with Crippen LogP contribution in [0.15, 0.2) is 18.5 Å². The van der Waals surface area contributed by atoms with Crippen molar-refractivity contribution in [1.29, 1.82) is 0 Å². The van der Waals surface area contributed by atoms with Gasteiger partial charge in [0, 0.05) is 6.20 Å². The van der Waals surface area contributed by atoms with Crippen LogP contribution in [0.1, 0.15) is 19.7 Å². The summed E-state index contributed by atoms with van der Waals surface area (Å²) in [6, 6.07) is 1.75. The minimum Gasteiger partial charge on any atom is -0.463 e. The van der Waals surface area contributed by atoms with E-state index in [4.69, 9.17) is 9.47 Å². The van der Waals surface area contributed by atoms with E-state index in [-0.39, 0.29) is 0 Å². The highest BCUT2D eigenvalue weighted by Crippen LogP contribution is 2.22. The van der Waals surface area contributed by atoms with Gasteiger partial charge < -0.3 is 9.47 Å². The van der Waals surface area contributed by atoms with Gasteiger partial charge in [0.15, 0.2) is 6.10 Å². The molecule has 2 aromatic rings. The number of hydrogen-bond acceptors (Lipinski definition) is 6. The Bertz CT molecular complexity index is 601. The molecule has 2 heterocycles. The van der Waals surface area contributed by atoms with E-state index in [1.807, 2.05) is 0 Å². The number of aryl methyl sites for hydroxylation is 1. The van der Waals surface area contributed by atoms with E-state index in [0.29, 0.717) is 23.8 Å². The van der Waals surface area contributed by atoms with Crippen molar-refractivity contribution in [3.8, 4) is 5.88 Å². The quantitative estimate of drug-likeness (QED) is 0.779. The second kappa shape index (κ2) is 5.60. The Kier molecular flexibility index (Phi) is 3.89. The molecule has 2 aromatic heterocycles. The van der Waals surface area contributed by atoms with E-state index in [9.17, 15) is 4.79 Å². The number of fused-ring (bicyclic) bond motifs is 1. The van der Waals surface area contributed by atoms with Gasteiger partial charge in [0.2, 0.25) is 5.88 Å². The Labute approximate surface area is 110 Å². The van der Waals surface area contributed by atoms with Gasteiger partial charge in [0.1, 0.15) is 5.82 Å². The zero-order valence-corrected chi connectivity index (χ0v) is 11.1. The van der Waals surface area contributed by atoms with Crippen LogP contribution in [0.25, 0.3) is 10.9 Å². The molecule has 100 valence electrons. The lowest BCUT2D eigenvalue weighted by atomic mass is 10.3. The Morgan fingerprint density at radius 2 is 2.21 bits per heavy atom. The lowest BCUT2D eigenvalue weighted by molar-refractivity contribution is -0.150. The molecule has 0 amide bonds. The standard InChI is InChI=1S/C13H15N3O3/c1-4-18-13(17)8(2)19-12-10-5-6-14-7-11(10)15-9(3)16-12/h5-8H,4H2,1-3H3. The molecule has 0 saturated heterocycles. The molecule has 0 N–H and O–H groups in total. The number of pyridine rings is 1. The first-order chi connectivity index (χ1) is 9.11. The van der Waals surface area contributed by atoms with Gasteiger partial charge in [0.05, 0.1) is 23.7 Å². The highest BCUT2D eigenvalue weighted by Gasteiger charge is 2.18. The molecule has 0 saturated carbocycles. The Morgan fingerprint density at radius 3 is 2.95 bits per heavy atom. The van der Waals surface area contributed by atoms with Crippen LogP contribution in [-0.2, 0) is 9.53 Å². The molecular weight excluding hydrogens is 246 g/mol. The van der Waals surface area contributed by atoms with Gasteiger partial charge in [-0.25, -0.2) is 9.78 Å². The average Bonchev–Trinajstić information content (AvgIpc) is 2.38. The minimum absolute atomic E-state index is 0.319. The highest BCUT2D eigenvalue weighted by atomic mass is 16.6. The molecule has 0 aromatic carbocycles. The zero-order chi connectivity index (χ0) is 13.8. The number of hydrogen-bond donors (Lipinski definition) is 0. The number of aromatic nitrogens is 3. The molecule has 0 fully saturated rings. The maximum Gasteiger partial charge on any atom is 0.347 e. The Balaban J connectivity index is 2.32. The summed E-state index contributed by atoms with van der Waals surface area (Å²) in [5, 5.41) is 0.719. The lowest BCUT2D eigenvalue weighted by Gasteiger charge is -2.14. The second-order valence-electron chi connectivity index (χ2n) is 3.98. The van der Waals surface area contributed by atoms with Gasteiger partial charge in [-0.05, 0) is 26.8 Å². The van der Waals surface area contributed by atoms with E-state index in [2.05, 4.69) is 15.0 Å². The minimum atomic E-state index is -0.717. The predicted molar refractivity (Wildman–Crippen MR) is 68.8 cm³/mol. The predicted octanol–water partition coefficient (Wildman–Crippen LogP) is 1.66. The van der Waals surface area contributed by atoms with E-state index in [1.54, 1.807) is 39.2 Å². The summed E-state index contributed by atoms with van der Waals surface area (Å²) in [4.78, 5) is 24.0. The summed E-state index contributed by atoms with van der Waals surface area (Å²) >= 11 is 0. The maximum atomic E-state index is 11.6. The third-order valence-electron chi connectivity index (χ3n) is 2.48. The van der Waals surface area contributed by atoms with E-state index in [1.165, 1.54) is 0 Å². The van der Waals surface area contributed by atoms with Crippen LogP contribution in [0.5, 0.6) is 5.88 Å². The summed E-state index contributed by atoms with van der Waals surface area (Å²) in [7, 11) is 0. The largest absolute Gasteiger partial charge is 0.463 e. The molecular formula is C13H15N3O3. The SMILES string of the molecule is CCOC(=O)C(C)Oc1nc(C)nc2cnccc12. The van der Waals surface area contributed by atoms with Crippen molar-refractivity contribution in [3.05, 3.63) is 24.3 Å². The third-order valence-corrected chi connectivity index (χ3v) is 2.48. The van der Waals surface area contributed by atoms with Crippen molar-refractivity contribution in [2.24, 2.45) is 0 Å². The smallest absolute Gasteiger partial charge is 0.347 e. The van der Waals surface area contributed by atoms with Gasteiger partial charge in [-0.1, -0.05) is 0 Å². The molecule has 0 radical (unpaired) electrons. The topological polar surface area (TPSA) is 74.2 Å². The first-order valence-electron chi connectivity index (χ1n) is 6.03. The molecule has 1 unspecified atom stereocenters. The second-order valence-corrected chi connectivity index (χ2v) is 3.98. The summed E-state index contributed by atoms with van der Waals surface area (Å²) in [5.74, 6) is 0.512. The molecule has 6 nitrogen and oxygen atoms in total. The first kappa shape index (κ1) is 13.2. The molecule has 0 aliphatic heterocycles. The molecule has 0 aliphatic rings. The monoisotopic (exact) mass is 261 g/mol. The highest BCUT2D eigenvalue weighted by molar-refractivity contribution is 5.83. The summed E-state index contributed by atoms with van der Waals surface area (Å²) < 4.78 is 10.5. The molecule has 19 heavy (non-hydrogen) atoms. The van der Waals surface area contributed by atoms with Crippen LogP contribution in [0.2, 0.25) is 0 Å². The van der Waals surface area contributed by atoms with Gasteiger partial charge in [0.25, 0.3) is 0 Å². The molecule has 2 rings (SSSR count). The fraction of sp³-hybridized carbons (Fsp3) is 0.385. The van der Waals surface area contributed by atoms with Crippen LogP contribution < -0.4 is 4.74 Å². The Hall–Kier alpha value is -2.24. The Morgan fingerprint density at radius 1 is 1.42 bits per heavy atom. The van der Waals surface area contributed by atoms with Crippen LogP contribution in [0.3, 0.4) is 0 Å². The zero-order valence-electron chi connectivity index (χ0n) is 11.1. The van der Waals surface area contributed by atoms with Crippen molar-refractivity contribution in [2.45, 2.75) is 26.9 Å². The van der Waals surface area contributed by atoms with Crippen LogP contribution in [-0.4, -0.2) is 33.6 Å². The van der Waals surface area contributed by atoms with Gasteiger partial charge >= 0.3 is 5.97 Å². The fourth-order valence-corrected chi connectivity index (χ4v) is 1.63. The normalized spacial score (nSPS) is 12.2. The van der Waals surface area contributed by atoms with Crippen molar-refractivity contribution < 1.29 is 14.3 Å². The third kappa shape index (κ3) is 2.96. The van der Waals surface area contributed by atoms with E-state index >= 15 is 0 Å². The van der Waals surface area contributed by atoms with Crippen molar-refractivity contribution in [2.75, 3.05) is 6.61 Å². The summed E-state index contributed by atoms with van der Waals surface area (Å²) in [6.45, 7) is 5.46. The number of nitrogens with zero attached hydrogens (tertiary/aromatic N) is 3. The fourth-order valence-electron chi connectivity index (χ4n) is 1.63. The van der Waals surface area contributed by atoms with Crippen molar-refractivity contribution in [1.82, 2.24) is 15.0 Å². The molecule has 6 heteroatoms. The van der Waals surface area contributed by atoms with Gasteiger partial charge in [-0.15, -0.1) is 0 Å². The van der Waals surface area contributed by atoms with Crippen LogP contribution >= 0.6 is 0 Å². The summed E-state index contributed by atoms with van der Waals surface area (Å²) in [6.07, 6.45) is 2.54. The molecule has 0 spiro atoms. The maximum absolute atomic E-state index is 11.6. The van der Waals surface area contributed by atoms with Crippen LogP contribution in [0, 0.1) is 6.92 Å². The van der Waals surface area contributed by atoms with Gasteiger partial charge in [-0.3, -0.25) is 4.98 Å². The average molecular weight is 261 g/mol. The number of carbonyl (C=O) groups is 1. The first-order valence-corrected chi connectivity index (χ1v) is 6.03. The van der Waals surface area contributed by atoms with Crippen LogP contribution in [0.4, 0.5) is 0 Å². The lowest BCUT2D eigenvalue weighted by Crippen LogP contribution is -2.26. The van der Waals surface area contributed by atoms with E-state index < -0.39 is 12.1 Å². The molecule has 0 bridgehead atoms. The number of ether oxygens (including phenoxy) is 2. The van der Waals surface area contributed by atoms with Gasteiger partial charge in [-0.2, -0.15) is 4.98 Å². The molecule has 0 aliphatic carbocycles. The summed E-state index contributed by atoms with van der Waals surface area (Å²) in [5.41, 5.74) is 0.682. The number of esters is 1.